The normalized spacial score (nSPS) is 25.1. The van der Waals surface area contributed by atoms with E-state index in [1.54, 1.807) is 18.8 Å². The number of phenolic OH excluding ortho intramolecular Hbond substituents is 1. The average Bonchev–Trinajstić information content (AvgIpc) is 3.63. The van der Waals surface area contributed by atoms with E-state index in [2.05, 4.69) is 34.6 Å². The van der Waals surface area contributed by atoms with Crippen LogP contribution in [0.15, 0.2) is 30.5 Å². The van der Waals surface area contributed by atoms with Crippen LogP contribution in [0.5, 0.6) is 11.8 Å². The minimum atomic E-state index is -0.682. The van der Waals surface area contributed by atoms with Crippen molar-refractivity contribution >= 4 is 38.4 Å². The number of hydrogen-bond donors (Lipinski definition) is 1. The number of aromatic hydroxyl groups is 1. The minimum Gasteiger partial charge on any atom is -0.508 e. The van der Waals surface area contributed by atoms with E-state index in [1.165, 1.54) is 24.3 Å². The first-order valence-corrected chi connectivity index (χ1v) is 18.8. The molecule has 9 rings (SSSR count). The highest BCUT2D eigenvalue weighted by atomic mass is 19.1. The van der Waals surface area contributed by atoms with E-state index < -0.39 is 11.6 Å². The highest BCUT2D eigenvalue weighted by Crippen LogP contribution is 2.47. The van der Waals surface area contributed by atoms with Crippen molar-refractivity contribution < 1.29 is 28.1 Å². The van der Waals surface area contributed by atoms with Crippen molar-refractivity contribution in [2.45, 2.75) is 44.4 Å². The highest BCUT2D eigenvalue weighted by Gasteiger charge is 2.44. The summed E-state index contributed by atoms with van der Waals surface area (Å²) in [5.41, 5.74) is 0.272. The third-order valence-corrected chi connectivity index (χ3v) is 12.1. The fraction of sp³-hybridized carbons (Fsp3) is 0.488. The zero-order valence-electron chi connectivity index (χ0n) is 31.1. The minimum absolute atomic E-state index is 0.0280. The molecule has 0 spiro atoms. The Bertz CT molecular complexity index is 2330. The van der Waals surface area contributed by atoms with Crippen LogP contribution in [0.1, 0.15) is 31.7 Å². The molecule has 0 aliphatic carbocycles. The highest BCUT2D eigenvalue weighted by molar-refractivity contribution is 6.18. The first-order valence-electron chi connectivity index (χ1n) is 18.8. The zero-order chi connectivity index (χ0) is 37.5. The van der Waals surface area contributed by atoms with Crippen molar-refractivity contribution in [3.63, 3.8) is 0 Å². The standard InChI is InChI=1S/C41H45F2N7O4/c1-6-28-31(42)10-7-24-13-27(51)14-29(33(24)28)34-36(43)38-35(30-18-48(4)46-37(30)34)39(50-25-8-9-26(50)17-49(16-25)15-23-19-53-20-23)45-40(44-38)54-22-41(2)21-47(3)12-11-32(41)52-5/h1,7,10,13-14,18,23,25-26,32,51H,8-9,11-12,15-17,19-22H2,2-5H3/t25-,26+,32-,41-/m1/s1. The smallest absolute Gasteiger partial charge is 0.319 e. The lowest BCUT2D eigenvalue weighted by atomic mass is 9.80. The summed E-state index contributed by atoms with van der Waals surface area (Å²) in [6.07, 6.45) is 10.5. The second-order valence-corrected chi connectivity index (χ2v) is 16.1. The van der Waals surface area contributed by atoms with Gasteiger partial charge in [0, 0.05) is 92.8 Å². The van der Waals surface area contributed by atoms with Gasteiger partial charge in [0.2, 0.25) is 0 Å². The molecule has 4 saturated heterocycles. The molecule has 0 amide bonds. The molecule has 13 heteroatoms. The molecular formula is C41H45F2N7O4. The van der Waals surface area contributed by atoms with E-state index in [0.717, 1.165) is 65.2 Å². The van der Waals surface area contributed by atoms with Gasteiger partial charge in [-0.05, 0) is 55.5 Å². The third kappa shape index (κ3) is 5.73. The molecular weight excluding hydrogens is 692 g/mol. The Kier molecular flexibility index (Phi) is 8.65. The largest absolute Gasteiger partial charge is 0.508 e. The van der Waals surface area contributed by atoms with Crippen LogP contribution in [0.4, 0.5) is 14.6 Å². The Morgan fingerprint density at radius 3 is 2.54 bits per heavy atom. The first kappa shape index (κ1) is 35.1. The number of aryl methyl sites for hydroxylation is 1. The number of ether oxygens (including phenoxy) is 3. The van der Waals surface area contributed by atoms with Gasteiger partial charge in [-0.1, -0.05) is 18.9 Å². The lowest BCUT2D eigenvalue weighted by Gasteiger charge is -2.44. The van der Waals surface area contributed by atoms with Crippen molar-refractivity contribution in [2.75, 3.05) is 71.6 Å². The van der Waals surface area contributed by atoms with Gasteiger partial charge in [-0.3, -0.25) is 9.58 Å². The Balaban J connectivity index is 1.25. The lowest BCUT2D eigenvalue weighted by Crippen LogP contribution is -2.56. The van der Waals surface area contributed by atoms with Crippen molar-refractivity contribution in [1.29, 1.82) is 0 Å². The Hall–Kier alpha value is -4.61. The number of piperazine rings is 1. The van der Waals surface area contributed by atoms with Gasteiger partial charge in [-0.2, -0.15) is 15.1 Å². The molecule has 4 fully saturated rings. The number of hydrogen-bond acceptors (Lipinski definition) is 10. The van der Waals surface area contributed by atoms with Gasteiger partial charge >= 0.3 is 6.01 Å². The van der Waals surface area contributed by atoms with Crippen LogP contribution in [-0.2, 0) is 16.5 Å². The van der Waals surface area contributed by atoms with Crippen molar-refractivity contribution in [3.8, 4) is 35.2 Å². The Morgan fingerprint density at radius 2 is 1.83 bits per heavy atom. The number of anilines is 1. The molecule has 4 aliphatic rings. The van der Waals surface area contributed by atoms with Gasteiger partial charge in [-0.25, -0.2) is 8.78 Å². The van der Waals surface area contributed by atoms with Crippen LogP contribution in [-0.4, -0.2) is 120 Å². The number of nitrogens with zero attached hydrogens (tertiary/aromatic N) is 7. The zero-order valence-corrected chi connectivity index (χ0v) is 31.1. The summed E-state index contributed by atoms with van der Waals surface area (Å²) in [5.74, 6) is 2.20. The SMILES string of the molecule is C#Cc1c(F)ccc2cc(O)cc(-c3c(F)c4nc(OC[C@@]5(C)CN(C)CC[C@H]5OC)nc(N5[C@@H]6CC[C@H]5CN(CC5COC5)C6)c4c4cn(C)nc34)c12. The monoisotopic (exact) mass is 737 g/mol. The number of aromatic nitrogens is 4. The molecule has 5 aromatic rings. The van der Waals surface area contributed by atoms with Crippen LogP contribution in [0.25, 0.3) is 43.7 Å². The van der Waals surface area contributed by atoms with Gasteiger partial charge in [0.25, 0.3) is 0 Å². The summed E-state index contributed by atoms with van der Waals surface area (Å²) >= 11 is 0. The Morgan fingerprint density at radius 1 is 1.06 bits per heavy atom. The molecule has 2 aromatic heterocycles. The van der Waals surface area contributed by atoms with E-state index in [9.17, 15) is 5.11 Å². The number of halogens is 2. The lowest BCUT2D eigenvalue weighted by molar-refractivity contribution is -0.0754. The van der Waals surface area contributed by atoms with Gasteiger partial charge in [0.05, 0.1) is 30.3 Å². The van der Waals surface area contributed by atoms with Crippen molar-refractivity contribution in [1.82, 2.24) is 29.5 Å². The van der Waals surface area contributed by atoms with Crippen LogP contribution < -0.4 is 9.64 Å². The topological polar surface area (TPSA) is 101 Å². The van der Waals surface area contributed by atoms with Gasteiger partial charge in [-0.15, -0.1) is 6.42 Å². The number of piperidine rings is 1. The molecule has 2 bridgehead atoms. The average molecular weight is 738 g/mol. The fourth-order valence-corrected chi connectivity index (χ4v) is 9.67. The predicted molar refractivity (Wildman–Crippen MR) is 203 cm³/mol. The predicted octanol–water partition coefficient (Wildman–Crippen LogP) is 5.34. The van der Waals surface area contributed by atoms with E-state index in [4.69, 9.17) is 35.7 Å². The summed E-state index contributed by atoms with van der Waals surface area (Å²) in [4.78, 5) is 17.1. The molecule has 4 aliphatic heterocycles. The summed E-state index contributed by atoms with van der Waals surface area (Å²) in [5, 5.41) is 17.6. The summed E-state index contributed by atoms with van der Waals surface area (Å²) in [7, 11) is 5.59. The van der Waals surface area contributed by atoms with E-state index in [0.29, 0.717) is 38.8 Å². The van der Waals surface area contributed by atoms with Crippen LogP contribution in [0.3, 0.4) is 0 Å². The molecule has 0 saturated carbocycles. The maximum Gasteiger partial charge on any atom is 0.319 e. The summed E-state index contributed by atoms with van der Waals surface area (Å²) in [6.45, 7) is 8.38. The number of benzene rings is 3. The maximum atomic E-state index is 17.8. The number of fused-ring (bicyclic) bond motifs is 6. The Labute approximate surface area is 312 Å². The van der Waals surface area contributed by atoms with Gasteiger partial charge in [0.15, 0.2) is 5.82 Å². The summed E-state index contributed by atoms with van der Waals surface area (Å²) in [6, 6.07) is 6.07. The second kappa shape index (κ2) is 13.3. The summed E-state index contributed by atoms with van der Waals surface area (Å²) < 4.78 is 52.7. The van der Waals surface area contributed by atoms with Gasteiger partial charge < -0.3 is 29.1 Å². The molecule has 1 N–H and O–H groups in total. The quantitative estimate of drug-likeness (QED) is 0.210. The number of rotatable bonds is 8. The first-order chi connectivity index (χ1) is 26.0. The van der Waals surface area contributed by atoms with Crippen molar-refractivity contribution in [2.24, 2.45) is 18.4 Å². The number of methoxy groups -OCH3 is 1. The fourth-order valence-electron chi connectivity index (χ4n) is 9.67. The van der Waals surface area contributed by atoms with Crippen molar-refractivity contribution in [3.05, 3.63) is 47.7 Å². The molecule has 0 unspecified atom stereocenters. The molecule has 4 atom stereocenters. The molecule has 0 radical (unpaired) electrons. The van der Waals surface area contributed by atoms with E-state index >= 15 is 8.78 Å². The van der Waals surface area contributed by atoms with Crippen LogP contribution in [0, 0.1) is 35.3 Å². The second-order valence-electron chi connectivity index (χ2n) is 16.1. The van der Waals surface area contributed by atoms with E-state index in [-0.39, 0.29) is 64.2 Å². The molecule has 3 aromatic carbocycles. The van der Waals surface area contributed by atoms with Crippen LogP contribution >= 0.6 is 0 Å². The number of terminal acetylenes is 1. The van der Waals surface area contributed by atoms with Crippen LogP contribution in [0.2, 0.25) is 0 Å². The van der Waals surface area contributed by atoms with Gasteiger partial charge in [0.1, 0.15) is 35.0 Å². The molecule has 6 heterocycles. The maximum absolute atomic E-state index is 17.8. The third-order valence-electron chi connectivity index (χ3n) is 12.1. The molecule has 282 valence electrons. The molecule has 11 nitrogen and oxygen atoms in total. The number of likely N-dealkylation sites (tertiary alicyclic amines) is 2. The molecule has 54 heavy (non-hydrogen) atoms. The van der Waals surface area contributed by atoms with E-state index in [1.807, 2.05) is 6.20 Å². The number of phenols is 1.